The van der Waals surface area contributed by atoms with E-state index in [1.54, 1.807) is 12.1 Å². The maximum Gasteiger partial charge on any atom is 0.438 e. The fraction of sp³-hybridized carbons (Fsp3) is 0.538. The van der Waals surface area contributed by atoms with Crippen molar-refractivity contribution in [2.45, 2.75) is 36.5 Å². The minimum absolute atomic E-state index is 0.300. The molecule has 1 N–H and O–H groups in total. The molecule has 0 amide bonds. The summed E-state index contributed by atoms with van der Waals surface area (Å²) in [6.45, 7) is 0.277. The molecule has 0 aliphatic rings. The zero-order chi connectivity index (χ0) is 19.9. The lowest BCUT2D eigenvalue weighted by atomic mass is 9.98. The Morgan fingerprint density at radius 2 is 1.48 bits per heavy atom. The van der Waals surface area contributed by atoms with Gasteiger partial charge in [-0.25, -0.2) is 0 Å². The summed E-state index contributed by atoms with van der Waals surface area (Å²) in [4.78, 5) is 0. The van der Waals surface area contributed by atoms with Crippen molar-refractivity contribution < 1.29 is 44.0 Å². The van der Waals surface area contributed by atoms with Crippen LogP contribution in [0.4, 0.5) is 26.3 Å². The van der Waals surface area contributed by atoms with Crippen LogP contribution in [0.3, 0.4) is 0 Å². The molecule has 0 bridgehead atoms. The predicted octanol–water partition coefficient (Wildman–Crippen LogP) is 4.29. The largest absolute Gasteiger partial charge is 0.438 e. The molecule has 0 aliphatic carbocycles. The Kier molecular flexibility index (Phi) is 6.15. The van der Waals surface area contributed by atoms with E-state index in [9.17, 15) is 34.8 Å². The number of benzene rings is 1. The monoisotopic (exact) mass is 506 g/mol. The third kappa shape index (κ3) is 4.39. The van der Waals surface area contributed by atoms with Crippen LogP contribution in [0, 0.1) is 3.57 Å². The Morgan fingerprint density at radius 1 is 1.04 bits per heavy atom. The minimum Gasteiger partial charge on any atom is -0.364 e. The van der Waals surface area contributed by atoms with E-state index in [1.807, 2.05) is 22.6 Å². The molecule has 1 aromatic rings. The van der Waals surface area contributed by atoms with Gasteiger partial charge in [-0.15, -0.1) is 0 Å². The van der Waals surface area contributed by atoms with Crippen LogP contribution < -0.4 is 0 Å². The SMILES string of the molecule is CC(C)(OCC(F)(F)C(F)(F)C(F)(F)S(=O)(=O)O)c1ccc(I)cc1. The average Bonchev–Trinajstić information content (AvgIpc) is 2.44. The molecule has 0 heterocycles. The van der Waals surface area contributed by atoms with Crippen LogP contribution in [-0.2, 0) is 20.5 Å². The summed E-state index contributed by atoms with van der Waals surface area (Å²) in [5, 5.41) is -6.39. The van der Waals surface area contributed by atoms with Gasteiger partial charge in [-0.3, -0.25) is 4.55 Å². The fourth-order valence-corrected chi connectivity index (χ4v) is 2.50. The Balaban J connectivity index is 3.06. The molecule has 0 fully saturated rings. The van der Waals surface area contributed by atoms with Gasteiger partial charge in [0.15, 0.2) is 0 Å². The Bertz CT molecular complexity index is 719. The van der Waals surface area contributed by atoms with Crippen LogP contribution in [0.15, 0.2) is 24.3 Å². The third-order valence-corrected chi connectivity index (χ3v) is 4.93. The zero-order valence-corrected chi connectivity index (χ0v) is 15.7. The number of hydrogen-bond donors (Lipinski definition) is 1. The van der Waals surface area contributed by atoms with Crippen LogP contribution in [0.25, 0.3) is 0 Å². The highest BCUT2D eigenvalue weighted by Crippen LogP contribution is 2.48. The molecule has 0 saturated heterocycles. The van der Waals surface area contributed by atoms with Gasteiger partial charge in [0.1, 0.15) is 6.61 Å². The first kappa shape index (κ1) is 22.4. The lowest BCUT2D eigenvalue weighted by Gasteiger charge is -2.33. The summed E-state index contributed by atoms with van der Waals surface area (Å²) < 4.78 is 114. The van der Waals surface area contributed by atoms with Crippen molar-refractivity contribution >= 4 is 32.7 Å². The molecular weight excluding hydrogens is 493 g/mol. The Labute approximate surface area is 153 Å². The molecule has 0 aliphatic heterocycles. The van der Waals surface area contributed by atoms with E-state index >= 15 is 0 Å². The first-order chi connectivity index (χ1) is 11.0. The summed E-state index contributed by atoms with van der Waals surface area (Å²) in [5.74, 6) is -12.0. The molecule has 0 aromatic heterocycles. The molecule has 0 atom stereocenters. The minimum atomic E-state index is -6.77. The lowest BCUT2D eigenvalue weighted by molar-refractivity contribution is -0.301. The van der Waals surface area contributed by atoms with Gasteiger partial charge in [0.25, 0.3) is 0 Å². The smallest absolute Gasteiger partial charge is 0.364 e. The standard InChI is InChI=1S/C13H13F6IO4S/c1-10(2,8-3-5-9(20)6-4-8)24-7-11(14,15)12(16,17)13(18,19)25(21,22)23/h3-6H,7H2,1-2H3,(H,21,22,23). The van der Waals surface area contributed by atoms with Crippen LogP contribution in [0.5, 0.6) is 0 Å². The zero-order valence-electron chi connectivity index (χ0n) is 12.7. The molecule has 144 valence electrons. The molecule has 0 saturated carbocycles. The van der Waals surface area contributed by atoms with E-state index < -0.39 is 39.4 Å². The summed E-state index contributed by atoms with van der Waals surface area (Å²) in [7, 11) is -6.77. The molecule has 0 spiro atoms. The summed E-state index contributed by atoms with van der Waals surface area (Å²) in [6.07, 6.45) is 0. The van der Waals surface area contributed by atoms with E-state index in [2.05, 4.69) is 4.74 Å². The molecule has 25 heavy (non-hydrogen) atoms. The maximum atomic E-state index is 13.6. The quantitative estimate of drug-likeness (QED) is 0.341. The van der Waals surface area contributed by atoms with Gasteiger partial charge in [-0.1, -0.05) is 12.1 Å². The molecule has 1 rings (SSSR count). The molecule has 4 nitrogen and oxygen atoms in total. The number of hydrogen-bond acceptors (Lipinski definition) is 3. The summed E-state index contributed by atoms with van der Waals surface area (Å²) in [5.41, 5.74) is -1.26. The van der Waals surface area contributed by atoms with E-state index in [0.29, 0.717) is 5.56 Å². The highest BCUT2D eigenvalue weighted by atomic mass is 127. The molecule has 0 radical (unpaired) electrons. The van der Waals surface area contributed by atoms with E-state index in [0.717, 1.165) is 3.57 Å². The van der Waals surface area contributed by atoms with Crippen molar-refractivity contribution in [3.05, 3.63) is 33.4 Å². The first-order valence-electron chi connectivity index (χ1n) is 6.46. The van der Waals surface area contributed by atoms with Crippen molar-refractivity contribution in [1.29, 1.82) is 0 Å². The fourth-order valence-electron chi connectivity index (χ4n) is 1.67. The van der Waals surface area contributed by atoms with Crippen molar-refractivity contribution in [2.75, 3.05) is 6.61 Å². The highest BCUT2D eigenvalue weighted by molar-refractivity contribution is 14.1. The second-order valence-electron chi connectivity index (χ2n) is 5.58. The first-order valence-corrected chi connectivity index (χ1v) is 8.98. The van der Waals surface area contributed by atoms with E-state index in [-0.39, 0.29) is 0 Å². The van der Waals surface area contributed by atoms with Crippen LogP contribution >= 0.6 is 22.6 Å². The Morgan fingerprint density at radius 3 is 1.88 bits per heavy atom. The van der Waals surface area contributed by atoms with Crippen molar-refractivity contribution in [3.63, 3.8) is 0 Å². The van der Waals surface area contributed by atoms with Crippen molar-refractivity contribution in [1.82, 2.24) is 0 Å². The van der Waals surface area contributed by atoms with Gasteiger partial charge < -0.3 is 4.74 Å². The number of rotatable bonds is 7. The predicted molar refractivity (Wildman–Crippen MR) is 84.5 cm³/mol. The molecule has 0 unspecified atom stereocenters. The van der Waals surface area contributed by atoms with Gasteiger partial charge in [0.2, 0.25) is 0 Å². The average molecular weight is 506 g/mol. The van der Waals surface area contributed by atoms with Crippen LogP contribution in [0.2, 0.25) is 0 Å². The molecule has 1 aromatic carbocycles. The topological polar surface area (TPSA) is 63.6 Å². The number of halogens is 7. The van der Waals surface area contributed by atoms with Crippen LogP contribution in [0.1, 0.15) is 19.4 Å². The van der Waals surface area contributed by atoms with E-state index in [1.165, 1.54) is 26.0 Å². The summed E-state index contributed by atoms with van der Waals surface area (Å²) >= 11 is 1.96. The second kappa shape index (κ2) is 6.85. The number of alkyl halides is 6. The molecule has 12 heteroatoms. The number of ether oxygens (including phenoxy) is 1. The molecular formula is C13H13F6IO4S. The Hall–Kier alpha value is -0.600. The highest BCUT2D eigenvalue weighted by Gasteiger charge is 2.77. The van der Waals surface area contributed by atoms with Gasteiger partial charge in [-0.2, -0.15) is 34.8 Å². The van der Waals surface area contributed by atoms with Gasteiger partial charge >= 0.3 is 27.2 Å². The van der Waals surface area contributed by atoms with Crippen LogP contribution in [-0.4, -0.2) is 36.7 Å². The van der Waals surface area contributed by atoms with Gasteiger partial charge in [0.05, 0.1) is 5.60 Å². The maximum absolute atomic E-state index is 13.6. The van der Waals surface area contributed by atoms with Gasteiger partial charge in [0, 0.05) is 3.57 Å². The lowest BCUT2D eigenvalue weighted by Crippen LogP contribution is -2.59. The summed E-state index contributed by atoms with van der Waals surface area (Å²) in [6, 6.07) is 6.09. The third-order valence-electron chi connectivity index (χ3n) is 3.30. The van der Waals surface area contributed by atoms with Crippen molar-refractivity contribution in [2.24, 2.45) is 0 Å². The van der Waals surface area contributed by atoms with E-state index in [4.69, 9.17) is 4.55 Å². The normalized spacial score (nSPS) is 14.6. The van der Waals surface area contributed by atoms with Crippen molar-refractivity contribution in [3.8, 4) is 0 Å². The second-order valence-corrected chi connectivity index (χ2v) is 8.29. The van der Waals surface area contributed by atoms with Gasteiger partial charge in [-0.05, 0) is 54.1 Å².